The third-order valence-electron chi connectivity index (χ3n) is 3.80. The van der Waals surface area contributed by atoms with Crippen LogP contribution < -0.4 is 0 Å². The van der Waals surface area contributed by atoms with Gasteiger partial charge >= 0.3 is 11.9 Å². The van der Waals surface area contributed by atoms with E-state index >= 15 is 0 Å². The van der Waals surface area contributed by atoms with Crippen molar-refractivity contribution in [1.29, 1.82) is 0 Å². The van der Waals surface area contributed by atoms with Crippen LogP contribution in [0.25, 0.3) is 16.7 Å². The van der Waals surface area contributed by atoms with Gasteiger partial charge in [0.1, 0.15) is 0 Å². The summed E-state index contributed by atoms with van der Waals surface area (Å²) in [5.74, 6) is -2.87. The summed E-state index contributed by atoms with van der Waals surface area (Å²) in [6, 6.07) is 16.7. The van der Waals surface area contributed by atoms with E-state index < -0.39 is 17.4 Å². The Morgan fingerprint density at radius 3 is 1.77 bits per heavy atom. The molecule has 22 heavy (non-hydrogen) atoms. The Bertz CT molecular complexity index is 701. The Hall–Kier alpha value is -2.88. The van der Waals surface area contributed by atoms with E-state index in [9.17, 15) is 19.8 Å². The molecule has 0 spiro atoms. The van der Waals surface area contributed by atoms with Crippen molar-refractivity contribution in [3.8, 4) is 11.1 Å². The largest absolute Gasteiger partial charge is 0.480 e. The van der Waals surface area contributed by atoms with Crippen LogP contribution >= 0.6 is 0 Å². The lowest BCUT2D eigenvalue weighted by molar-refractivity contribution is -0.158. The summed E-state index contributed by atoms with van der Waals surface area (Å²) in [7, 11) is 0. The van der Waals surface area contributed by atoms with Gasteiger partial charge in [-0.15, -0.1) is 0 Å². The molecule has 0 fully saturated rings. The van der Waals surface area contributed by atoms with Crippen LogP contribution in [0.1, 0.15) is 12.5 Å². The highest BCUT2D eigenvalue weighted by molar-refractivity contribution is 6.10. The lowest BCUT2D eigenvalue weighted by Gasteiger charge is -2.22. The molecule has 4 nitrogen and oxygen atoms in total. The molecule has 0 aliphatic carbocycles. The normalized spacial score (nSPS) is 11.0. The summed E-state index contributed by atoms with van der Waals surface area (Å²) in [4.78, 5) is 22.6. The van der Waals surface area contributed by atoms with E-state index in [1.54, 1.807) is 12.1 Å². The zero-order valence-electron chi connectivity index (χ0n) is 12.1. The highest BCUT2D eigenvalue weighted by Gasteiger charge is 2.44. The molecular weight excluding hydrogens is 280 g/mol. The summed E-state index contributed by atoms with van der Waals surface area (Å²) in [6.07, 6.45) is 0. The molecule has 2 N–H and O–H groups in total. The van der Waals surface area contributed by atoms with Crippen molar-refractivity contribution in [2.75, 3.05) is 0 Å². The van der Waals surface area contributed by atoms with Crippen molar-refractivity contribution in [3.63, 3.8) is 0 Å². The summed E-state index contributed by atoms with van der Waals surface area (Å²) in [5, 5.41) is 18.5. The zero-order valence-corrected chi connectivity index (χ0v) is 12.1. The van der Waals surface area contributed by atoms with E-state index in [0.717, 1.165) is 18.1 Å². The third-order valence-corrected chi connectivity index (χ3v) is 3.80. The maximum atomic E-state index is 11.3. The first-order valence-electron chi connectivity index (χ1n) is 6.69. The van der Waals surface area contributed by atoms with Gasteiger partial charge in [0.2, 0.25) is 0 Å². The van der Waals surface area contributed by atoms with Gasteiger partial charge in [0.05, 0.1) is 0 Å². The standard InChI is InChI=1S/C18H16O4/c1-12(18(2,16(19)20)17(21)22)13-8-10-15(11-9-13)14-6-4-3-5-7-14/h3-11H,1H2,2H3,(H,19,20)(H,21,22). The fourth-order valence-corrected chi connectivity index (χ4v) is 2.13. The molecule has 2 rings (SSSR count). The Morgan fingerprint density at radius 2 is 1.32 bits per heavy atom. The molecule has 0 amide bonds. The average Bonchev–Trinajstić information content (AvgIpc) is 2.54. The second-order valence-corrected chi connectivity index (χ2v) is 5.16. The van der Waals surface area contributed by atoms with Gasteiger partial charge < -0.3 is 10.2 Å². The van der Waals surface area contributed by atoms with Gasteiger partial charge in [-0.1, -0.05) is 61.2 Å². The number of rotatable bonds is 5. The average molecular weight is 296 g/mol. The molecule has 0 aromatic heterocycles. The van der Waals surface area contributed by atoms with Crippen LogP contribution in [0.4, 0.5) is 0 Å². The molecule has 0 unspecified atom stereocenters. The highest BCUT2D eigenvalue weighted by atomic mass is 16.4. The number of carboxylic acids is 2. The molecule has 0 saturated heterocycles. The minimum atomic E-state index is -2.05. The first-order valence-corrected chi connectivity index (χ1v) is 6.69. The molecule has 0 heterocycles. The molecule has 112 valence electrons. The zero-order chi connectivity index (χ0) is 16.3. The predicted octanol–water partition coefficient (Wildman–Crippen LogP) is 3.54. The predicted molar refractivity (Wildman–Crippen MR) is 84.3 cm³/mol. The first kappa shape index (κ1) is 15.5. The maximum Gasteiger partial charge on any atom is 0.325 e. The minimum absolute atomic E-state index is 0.0483. The fraction of sp³-hybridized carbons (Fsp3) is 0.111. The number of hydrogen-bond acceptors (Lipinski definition) is 2. The van der Waals surface area contributed by atoms with Gasteiger partial charge in [0, 0.05) is 0 Å². The van der Waals surface area contributed by atoms with E-state index in [1.165, 1.54) is 0 Å². The van der Waals surface area contributed by atoms with Crippen LogP contribution in [0.3, 0.4) is 0 Å². The quantitative estimate of drug-likeness (QED) is 0.827. The Kier molecular flexibility index (Phi) is 4.13. The van der Waals surface area contributed by atoms with E-state index in [-0.39, 0.29) is 5.57 Å². The van der Waals surface area contributed by atoms with Gasteiger partial charge in [0.25, 0.3) is 0 Å². The van der Waals surface area contributed by atoms with Crippen LogP contribution in [-0.4, -0.2) is 22.2 Å². The van der Waals surface area contributed by atoms with E-state index in [2.05, 4.69) is 6.58 Å². The van der Waals surface area contributed by atoms with Crippen molar-refractivity contribution in [2.45, 2.75) is 6.92 Å². The van der Waals surface area contributed by atoms with Crippen LogP contribution in [-0.2, 0) is 9.59 Å². The molecule has 0 saturated carbocycles. The number of aliphatic carboxylic acids is 2. The van der Waals surface area contributed by atoms with Gasteiger partial charge in [-0.25, -0.2) is 0 Å². The van der Waals surface area contributed by atoms with E-state index in [0.29, 0.717) is 5.56 Å². The first-order chi connectivity index (χ1) is 10.4. The Balaban J connectivity index is 2.36. The van der Waals surface area contributed by atoms with Gasteiger partial charge in [-0.3, -0.25) is 9.59 Å². The summed E-state index contributed by atoms with van der Waals surface area (Å²) in [6.45, 7) is 4.82. The third kappa shape index (κ3) is 2.63. The SMILES string of the molecule is C=C(c1ccc(-c2ccccc2)cc1)C(C)(C(=O)O)C(=O)O. The van der Waals surface area contributed by atoms with Crippen molar-refractivity contribution in [1.82, 2.24) is 0 Å². The van der Waals surface area contributed by atoms with Crippen LogP contribution in [0.15, 0.2) is 61.2 Å². The topological polar surface area (TPSA) is 74.6 Å². The van der Waals surface area contributed by atoms with E-state index in [4.69, 9.17) is 0 Å². The Morgan fingerprint density at radius 1 is 0.864 bits per heavy atom. The maximum absolute atomic E-state index is 11.3. The van der Waals surface area contributed by atoms with Gasteiger partial charge in [-0.05, 0) is 29.2 Å². The molecule has 0 atom stereocenters. The molecule has 0 radical (unpaired) electrons. The van der Waals surface area contributed by atoms with E-state index in [1.807, 2.05) is 42.5 Å². The highest BCUT2D eigenvalue weighted by Crippen LogP contribution is 2.35. The number of benzene rings is 2. The lowest BCUT2D eigenvalue weighted by atomic mass is 9.79. The fourth-order valence-electron chi connectivity index (χ4n) is 2.13. The summed E-state index contributed by atoms with van der Waals surface area (Å²) >= 11 is 0. The van der Waals surface area contributed by atoms with Crippen LogP contribution in [0.2, 0.25) is 0 Å². The number of hydrogen-bond donors (Lipinski definition) is 2. The summed E-state index contributed by atoms with van der Waals surface area (Å²) in [5.41, 5.74) is 0.483. The number of carbonyl (C=O) groups is 2. The van der Waals surface area contributed by atoms with Crippen LogP contribution in [0, 0.1) is 5.41 Å². The van der Waals surface area contributed by atoms with Crippen LogP contribution in [0.5, 0.6) is 0 Å². The molecule has 0 aliphatic rings. The monoisotopic (exact) mass is 296 g/mol. The molecule has 0 aliphatic heterocycles. The molecule has 2 aromatic carbocycles. The van der Waals surface area contributed by atoms with Gasteiger partial charge in [-0.2, -0.15) is 0 Å². The number of carboxylic acid groups (broad SMARTS) is 2. The molecular formula is C18H16O4. The molecule has 2 aromatic rings. The molecule has 0 bridgehead atoms. The second kappa shape index (κ2) is 5.85. The second-order valence-electron chi connectivity index (χ2n) is 5.16. The van der Waals surface area contributed by atoms with Crippen molar-refractivity contribution in [3.05, 3.63) is 66.7 Å². The van der Waals surface area contributed by atoms with Crippen molar-refractivity contribution < 1.29 is 19.8 Å². The smallest absolute Gasteiger partial charge is 0.325 e. The van der Waals surface area contributed by atoms with Crippen molar-refractivity contribution >= 4 is 17.5 Å². The molecule has 4 heteroatoms. The summed E-state index contributed by atoms with van der Waals surface area (Å²) < 4.78 is 0. The lowest BCUT2D eigenvalue weighted by Crippen LogP contribution is -2.37. The van der Waals surface area contributed by atoms with Crippen molar-refractivity contribution in [2.24, 2.45) is 5.41 Å². The minimum Gasteiger partial charge on any atom is -0.480 e. The van der Waals surface area contributed by atoms with Gasteiger partial charge in [0.15, 0.2) is 5.41 Å². The Labute approximate surface area is 128 Å².